The molecule has 0 aliphatic rings. The number of carboxylic acids is 1. The van der Waals surface area contributed by atoms with Gasteiger partial charge in [0.2, 0.25) is 0 Å². The number of ether oxygens (including phenoxy) is 2. The maximum absolute atomic E-state index is 10.8. The van der Waals surface area contributed by atoms with Crippen LogP contribution >= 0.6 is 0 Å². The van der Waals surface area contributed by atoms with Crippen molar-refractivity contribution in [2.75, 3.05) is 13.2 Å². The van der Waals surface area contributed by atoms with Crippen LogP contribution in [-0.2, 0) is 11.3 Å². The minimum Gasteiger partial charge on any atom is -0.490 e. The lowest BCUT2D eigenvalue weighted by Gasteiger charge is -2.15. The number of hydrogen-bond acceptors (Lipinski definition) is 4. The van der Waals surface area contributed by atoms with Gasteiger partial charge in [-0.15, -0.1) is 0 Å². The first-order valence-electron chi connectivity index (χ1n) is 6.44. The molecule has 0 amide bonds. The number of aliphatic carboxylic acids is 1. The topological polar surface area (TPSA) is 67.8 Å². The molecule has 0 fully saturated rings. The molecular weight excluding hydrogens is 246 g/mol. The number of benzene rings is 1. The summed E-state index contributed by atoms with van der Waals surface area (Å²) >= 11 is 0. The Morgan fingerprint density at radius 2 is 2.11 bits per heavy atom. The molecule has 5 heteroatoms. The highest BCUT2D eigenvalue weighted by Gasteiger charge is 2.15. The molecule has 0 aliphatic carbocycles. The van der Waals surface area contributed by atoms with Crippen LogP contribution in [0.2, 0.25) is 0 Å². The monoisotopic (exact) mass is 267 g/mol. The second kappa shape index (κ2) is 7.63. The second-order valence-corrected chi connectivity index (χ2v) is 4.09. The smallest absolute Gasteiger partial charge is 0.344 e. The summed E-state index contributed by atoms with van der Waals surface area (Å²) in [6, 6.07) is 5.52. The summed E-state index contributed by atoms with van der Waals surface area (Å²) in [6.45, 7) is 7.54. The first kappa shape index (κ1) is 15.3. The SMILES string of the molecule is CCNCc1ccc(OC(C)C(=O)O)c(OCC)c1. The zero-order chi connectivity index (χ0) is 14.3. The molecule has 0 aliphatic heterocycles. The summed E-state index contributed by atoms with van der Waals surface area (Å²) < 4.78 is 10.9. The Bertz CT molecular complexity index is 420. The van der Waals surface area contributed by atoms with Gasteiger partial charge >= 0.3 is 5.97 Å². The predicted molar refractivity (Wildman–Crippen MR) is 72.7 cm³/mol. The van der Waals surface area contributed by atoms with Crippen molar-refractivity contribution in [1.82, 2.24) is 5.32 Å². The maximum atomic E-state index is 10.8. The van der Waals surface area contributed by atoms with Crippen LogP contribution in [0, 0.1) is 0 Å². The molecule has 1 atom stereocenters. The van der Waals surface area contributed by atoms with Crippen LogP contribution in [0.3, 0.4) is 0 Å². The predicted octanol–water partition coefficient (Wildman–Crippen LogP) is 2.05. The van der Waals surface area contributed by atoms with E-state index in [0.717, 1.165) is 18.7 Å². The fourth-order valence-corrected chi connectivity index (χ4v) is 1.54. The third-order valence-electron chi connectivity index (χ3n) is 2.54. The van der Waals surface area contributed by atoms with Crippen LogP contribution in [0.15, 0.2) is 18.2 Å². The number of rotatable bonds is 8. The highest BCUT2D eigenvalue weighted by Crippen LogP contribution is 2.29. The van der Waals surface area contributed by atoms with Gasteiger partial charge in [-0.1, -0.05) is 13.0 Å². The van der Waals surface area contributed by atoms with Crippen LogP contribution in [-0.4, -0.2) is 30.3 Å². The Hall–Kier alpha value is -1.75. The third kappa shape index (κ3) is 4.79. The molecule has 0 radical (unpaired) electrons. The molecular formula is C14H21NO4. The van der Waals surface area contributed by atoms with Gasteiger partial charge in [-0.25, -0.2) is 4.79 Å². The van der Waals surface area contributed by atoms with Crippen molar-refractivity contribution < 1.29 is 19.4 Å². The molecule has 0 spiro atoms. The summed E-state index contributed by atoms with van der Waals surface area (Å²) in [6.07, 6.45) is -0.904. The first-order valence-corrected chi connectivity index (χ1v) is 6.44. The van der Waals surface area contributed by atoms with Gasteiger partial charge in [0.05, 0.1) is 6.61 Å². The number of hydrogen-bond donors (Lipinski definition) is 2. The minimum absolute atomic E-state index is 0.456. The van der Waals surface area contributed by atoms with Crippen LogP contribution in [0.25, 0.3) is 0 Å². The first-order chi connectivity index (χ1) is 9.08. The number of carbonyl (C=O) groups is 1. The maximum Gasteiger partial charge on any atom is 0.344 e. The van der Waals surface area contributed by atoms with Crippen molar-refractivity contribution in [2.45, 2.75) is 33.4 Å². The molecule has 0 saturated carbocycles. The van der Waals surface area contributed by atoms with Gasteiger partial charge < -0.3 is 19.9 Å². The third-order valence-corrected chi connectivity index (χ3v) is 2.54. The summed E-state index contributed by atoms with van der Waals surface area (Å²) in [7, 11) is 0. The molecule has 0 heterocycles. The highest BCUT2D eigenvalue weighted by molar-refractivity contribution is 5.72. The van der Waals surface area contributed by atoms with Gasteiger partial charge in [0.25, 0.3) is 0 Å². The number of nitrogens with one attached hydrogen (secondary N) is 1. The van der Waals surface area contributed by atoms with Crippen molar-refractivity contribution in [3.05, 3.63) is 23.8 Å². The zero-order valence-corrected chi connectivity index (χ0v) is 11.6. The molecule has 19 heavy (non-hydrogen) atoms. The normalized spacial score (nSPS) is 11.9. The Morgan fingerprint density at radius 1 is 1.37 bits per heavy atom. The Balaban J connectivity index is 2.87. The molecule has 5 nitrogen and oxygen atoms in total. The van der Waals surface area contributed by atoms with E-state index in [9.17, 15) is 4.79 Å². The van der Waals surface area contributed by atoms with E-state index in [1.165, 1.54) is 6.92 Å². The minimum atomic E-state index is -1.00. The largest absolute Gasteiger partial charge is 0.490 e. The van der Waals surface area contributed by atoms with Crippen molar-refractivity contribution in [3.63, 3.8) is 0 Å². The summed E-state index contributed by atoms with van der Waals surface area (Å²) in [5.74, 6) is 0.0298. The van der Waals surface area contributed by atoms with E-state index in [2.05, 4.69) is 5.32 Å². The Kier molecular flexibility index (Phi) is 6.15. The van der Waals surface area contributed by atoms with Gasteiger partial charge in [0, 0.05) is 6.54 Å². The number of carboxylic acid groups (broad SMARTS) is 1. The summed E-state index contributed by atoms with van der Waals surface area (Å²) in [5.41, 5.74) is 1.07. The molecule has 1 aromatic carbocycles. The lowest BCUT2D eigenvalue weighted by Crippen LogP contribution is -2.23. The van der Waals surface area contributed by atoms with Gasteiger partial charge in [0.15, 0.2) is 17.6 Å². The van der Waals surface area contributed by atoms with Crippen LogP contribution in [0.4, 0.5) is 0 Å². The van der Waals surface area contributed by atoms with E-state index < -0.39 is 12.1 Å². The second-order valence-electron chi connectivity index (χ2n) is 4.09. The van der Waals surface area contributed by atoms with E-state index in [0.29, 0.717) is 18.1 Å². The van der Waals surface area contributed by atoms with Crippen molar-refractivity contribution in [1.29, 1.82) is 0 Å². The van der Waals surface area contributed by atoms with Crippen LogP contribution in [0.1, 0.15) is 26.3 Å². The molecule has 1 unspecified atom stereocenters. The quantitative estimate of drug-likeness (QED) is 0.754. The Morgan fingerprint density at radius 3 is 2.68 bits per heavy atom. The van der Waals surface area contributed by atoms with Gasteiger partial charge in [-0.2, -0.15) is 0 Å². The van der Waals surface area contributed by atoms with E-state index in [1.54, 1.807) is 6.07 Å². The summed E-state index contributed by atoms with van der Waals surface area (Å²) in [5, 5.41) is 12.1. The molecule has 0 aromatic heterocycles. The van der Waals surface area contributed by atoms with E-state index in [1.807, 2.05) is 26.0 Å². The van der Waals surface area contributed by atoms with E-state index in [4.69, 9.17) is 14.6 Å². The van der Waals surface area contributed by atoms with Gasteiger partial charge in [-0.3, -0.25) is 0 Å². The standard InChI is InChI=1S/C14H21NO4/c1-4-15-9-11-6-7-12(13(8-11)18-5-2)19-10(3)14(16)17/h6-8,10,15H,4-5,9H2,1-3H3,(H,16,17). The fourth-order valence-electron chi connectivity index (χ4n) is 1.54. The molecule has 0 bridgehead atoms. The zero-order valence-electron chi connectivity index (χ0n) is 11.6. The van der Waals surface area contributed by atoms with Crippen molar-refractivity contribution in [3.8, 4) is 11.5 Å². The average Bonchev–Trinajstić information content (AvgIpc) is 2.39. The van der Waals surface area contributed by atoms with Gasteiger partial charge in [-0.05, 0) is 38.1 Å². The van der Waals surface area contributed by atoms with E-state index >= 15 is 0 Å². The molecule has 1 aromatic rings. The van der Waals surface area contributed by atoms with Crippen LogP contribution in [0.5, 0.6) is 11.5 Å². The highest BCUT2D eigenvalue weighted by atomic mass is 16.5. The molecule has 106 valence electrons. The van der Waals surface area contributed by atoms with Crippen LogP contribution < -0.4 is 14.8 Å². The van der Waals surface area contributed by atoms with Crippen molar-refractivity contribution in [2.24, 2.45) is 0 Å². The summed E-state index contributed by atoms with van der Waals surface area (Å²) in [4.78, 5) is 10.8. The van der Waals surface area contributed by atoms with Crippen molar-refractivity contribution >= 4 is 5.97 Å². The lowest BCUT2D eigenvalue weighted by molar-refractivity contribution is -0.144. The average molecular weight is 267 g/mol. The molecule has 1 rings (SSSR count). The molecule has 2 N–H and O–H groups in total. The molecule has 0 saturated heterocycles. The lowest BCUT2D eigenvalue weighted by atomic mass is 10.2. The van der Waals surface area contributed by atoms with E-state index in [-0.39, 0.29) is 0 Å². The fraction of sp³-hybridized carbons (Fsp3) is 0.500. The Labute approximate surface area is 113 Å². The van der Waals surface area contributed by atoms with Gasteiger partial charge in [0.1, 0.15) is 0 Å².